The van der Waals surface area contributed by atoms with Crippen molar-refractivity contribution in [3.63, 3.8) is 0 Å². The topological polar surface area (TPSA) is 72.2 Å². The van der Waals surface area contributed by atoms with Crippen LogP contribution < -0.4 is 5.32 Å². The summed E-state index contributed by atoms with van der Waals surface area (Å²) in [5.74, 6) is -40.8. The lowest BCUT2D eigenvalue weighted by molar-refractivity contribution is -0.406. The summed E-state index contributed by atoms with van der Waals surface area (Å²) in [7, 11) is 0. The Labute approximate surface area is 163 Å². The van der Waals surface area contributed by atoms with Gasteiger partial charge in [0.05, 0.1) is 10.6 Å². The molecule has 0 unspecified atom stereocenters. The fourth-order valence-corrected chi connectivity index (χ4v) is 1.94. The molecule has 1 amide bonds. The Morgan fingerprint density at radius 3 is 1.84 bits per heavy atom. The molecule has 31 heavy (non-hydrogen) atoms. The van der Waals surface area contributed by atoms with Crippen molar-refractivity contribution in [2.75, 3.05) is 5.32 Å². The second-order valence-electron chi connectivity index (χ2n) is 5.93. The number of carbonyl (C=O) groups excluding carboxylic acids is 1. The fraction of sp³-hybridized carbons (Fsp3) is 0.500. The molecule has 176 valence electrons. The van der Waals surface area contributed by atoms with E-state index in [4.69, 9.17) is 0 Å². The zero-order valence-electron chi connectivity index (χ0n) is 14.5. The van der Waals surface area contributed by atoms with E-state index >= 15 is 0 Å². The Kier molecular flexibility index (Phi) is 6.56. The molecular weight excluding hydrogens is 472 g/mol. The summed E-state index contributed by atoms with van der Waals surface area (Å²) in [6.45, 7) is 0.960. The van der Waals surface area contributed by atoms with E-state index in [1.807, 2.05) is 0 Å². The van der Waals surface area contributed by atoms with Gasteiger partial charge in [0, 0.05) is 12.1 Å². The normalized spacial score (nSPS) is 14.0. The first-order chi connectivity index (χ1) is 13.7. The number of alkyl halides is 12. The third kappa shape index (κ3) is 3.96. The van der Waals surface area contributed by atoms with E-state index in [2.05, 4.69) is 0 Å². The lowest BCUT2D eigenvalue weighted by Crippen LogP contribution is -2.70. The highest BCUT2D eigenvalue weighted by molar-refractivity contribution is 5.97. The van der Waals surface area contributed by atoms with Crippen LogP contribution in [0, 0.1) is 17.0 Å². The maximum atomic E-state index is 13.7. The maximum Gasteiger partial charge on any atom is 0.393 e. The number of aryl methyl sites for hydroxylation is 1. The molecule has 0 saturated heterocycles. The average molecular weight is 480 g/mol. The summed E-state index contributed by atoms with van der Waals surface area (Å²) in [6, 6.07) is 1.84. The standard InChI is InChI=1S/C14H8F12N2O3/c1-5-2-3-6(28(30)31)4-7(5)27-9(29)11(19,20)13(23,24)14(25,26)12(21,22)10(17,18)8(15)16/h2-4,8H,1H3,(H,27,29). The second kappa shape index (κ2) is 7.74. The van der Waals surface area contributed by atoms with Gasteiger partial charge in [-0.3, -0.25) is 14.9 Å². The number of amides is 1. The van der Waals surface area contributed by atoms with Gasteiger partial charge < -0.3 is 5.32 Å². The van der Waals surface area contributed by atoms with E-state index in [1.165, 1.54) is 0 Å². The van der Waals surface area contributed by atoms with E-state index in [0.717, 1.165) is 24.4 Å². The van der Waals surface area contributed by atoms with Gasteiger partial charge in [0.2, 0.25) is 0 Å². The molecule has 1 rings (SSSR count). The van der Waals surface area contributed by atoms with Crippen molar-refractivity contribution in [2.24, 2.45) is 0 Å². The fourth-order valence-electron chi connectivity index (χ4n) is 1.94. The van der Waals surface area contributed by atoms with Crippen LogP contribution in [-0.2, 0) is 4.79 Å². The molecule has 0 aliphatic rings. The number of non-ortho nitro benzene ring substituents is 1. The SMILES string of the molecule is Cc1ccc([N+](=O)[O-])cc1NC(=O)C(F)(F)C(F)(F)C(F)(F)C(F)(F)C(F)(F)C(F)F. The summed E-state index contributed by atoms with van der Waals surface area (Å²) in [5.41, 5.74) is -2.27. The first-order valence-corrected chi connectivity index (χ1v) is 7.40. The molecular formula is C14H8F12N2O3. The van der Waals surface area contributed by atoms with Gasteiger partial charge in [0.25, 0.3) is 5.69 Å². The minimum Gasteiger partial charge on any atom is -0.320 e. The Morgan fingerprint density at radius 1 is 0.935 bits per heavy atom. The molecule has 0 bridgehead atoms. The van der Waals surface area contributed by atoms with Crippen molar-refractivity contribution < 1.29 is 62.4 Å². The van der Waals surface area contributed by atoms with Crippen LogP contribution in [0.1, 0.15) is 5.56 Å². The number of hydrogen-bond acceptors (Lipinski definition) is 3. The number of benzene rings is 1. The quantitative estimate of drug-likeness (QED) is 0.313. The van der Waals surface area contributed by atoms with Gasteiger partial charge in [-0.25, -0.2) is 8.78 Å². The smallest absolute Gasteiger partial charge is 0.320 e. The third-order valence-corrected chi connectivity index (χ3v) is 3.84. The van der Waals surface area contributed by atoms with Gasteiger partial charge in [-0.05, 0) is 12.5 Å². The van der Waals surface area contributed by atoms with Gasteiger partial charge >= 0.3 is 41.9 Å². The van der Waals surface area contributed by atoms with E-state index in [9.17, 15) is 67.6 Å². The number of halogens is 12. The van der Waals surface area contributed by atoms with Crippen LogP contribution in [0.25, 0.3) is 0 Å². The summed E-state index contributed by atoms with van der Waals surface area (Å²) in [4.78, 5) is 20.9. The van der Waals surface area contributed by atoms with Gasteiger partial charge in [-0.15, -0.1) is 0 Å². The average Bonchev–Trinajstić information content (AvgIpc) is 2.62. The highest BCUT2D eigenvalue weighted by atomic mass is 19.4. The Bertz CT molecular complexity index is 872. The Hall–Kier alpha value is -2.75. The van der Waals surface area contributed by atoms with Crippen LogP contribution in [0.2, 0.25) is 0 Å². The molecule has 5 nitrogen and oxygen atoms in total. The summed E-state index contributed by atoms with van der Waals surface area (Å²) in [6.07, 6.45) is -5.67. The van der Waals surface area contributed by atoms with Crippen molar-refractivity contribution in [1.29, 1.82) is 0 Å². The molecule has 1 N–H and O–H groups in total. The highest BCUT2D eigenvalue weighted by Crippen LogP contribution is 2.58. The molecule has 0 atom stereocenters. The van der Waals surface area contributed by atoms with Gasteiger partial charge in [-0.1, -0.05) is 6.07 Å². The van der Waals surface area contributed by atoms with E-state index in [1.54, 1.807) is 0 Å². The zero-order valence-corrected chi connectivity index (χ0v) is 14.5. The number of nitrogens with zero attached hydrogens (tertiary/aromatic N) is 1. The first-order valence-electron chi connectivity index (χ1n) is 7.40. The van der Waals surface area contributed by atoms with Crippen molar-refractivity contribution in [2.45, 2.75) is 43.0 Å². The lowest BCUT2D eigenvalue weighted by Gasteiger charge is -2.38. The predicted molar refractivity (Wildman–Crippen MR) is 77.2 cm³/mol. The van der Waals surface area contributed by atoms with Gasteiger partial charge in [0.1, 0.15) is 0 Å². The summed E-state index contributed by atoms with van der Waals surface area (Å²) < 4.78 is 157. The van der Waals surface area contributed by atoms with E-state index < -0.39 is 58.2 Å². The molecule has 0 aliphatic heterocycles. The van der Waals surface area contributed by atoms with Crippen LogP contribution in [-0.4, -0.2) is 46.9 Å². The number of nitrogens with one attached hydrogen (secondary N) is 1. The van der Waals surface area contributed by atoms with E-state index in [-0.39, 0.29) is 5.56 Å². The van der Waals surface area contributed by atoms with Crippen molar-refractivity contribution in [1.82, 2.24) is 0 Å². The molecule has 0 heterocycles. The van der Waals surface area contributed by atoms with Gasteiger partial charge in [0.15, 0.2) is 0 Å². The molecule has 1 aromatic rings. The van der Waals surface area contributed by atoms with Crippen LogP contribution >= 0.6 is 0 Å². The number of carbonyl (C=O) groups is 1. The number of nitro groups is 1. The van der Waals surface area contributed by atoms with Crippen molar-refractivity contribution >= 4 is 17.3 Å². The molecule has 1 aromatic carbocycles. The molecule has 0 aliphatic carbocycles. The molecule has 17 heteroatoms. The van der Waals surface area contributed by atoms with Crippen molar-refractivity contribution in [3.8, 4) is 0 Å². The second-order valence-corrected chi connectivity index (χ2v) is 5.93. The molecule has 0 fully saturated rings. The Morgan fingerprint density at radius 2 is 1.42 bits per heavy atom. The number of rotatable bonds is 8. The molecule has 0 aromatic heterocycles. The largest absolute Gasteiger partial charge is 0.393 e. The molecule has 0 radical (unpaired) electrons. The first kappa shape index (κ1) is 26.3. The monoisotopic (exact) mass is 480 g/mol. The number of anilines is 1. The molecule has 0 saturated carbocycles. The minimum absolute atomic E-state index is 0.305. The van der Waals surface area contributed by atoms with Crippen LogP contribution in [0.3, 0.4) is 0 Å². The van der Waals surface area contributed by atoms with Crippen molar-refractivity contribution in [3.05, 3.63) is 33.9 Å². The molecule has 0 spiro atoms. The third-order valence-electron chi connectivity index (χ3n) is 3.84. The van der Waals surface area contributed by atoms with E-state index in [0.29, 0.717) is 6.07 Å². The highest BCUT2D eigenvalue weighted by Gasteiger charge is 2.89. The summed E-state index contributed by atoms with van der Waals surface area (Å²) in [5, 5.41) is 11.5. The number of nitro benzene ring substituents is 1. The zero-order chi connectivity index (χ0) is 24.8. The predicted octanol–water partition coefficient (Wildman–Crippen LogP) is 5.28. The minimum atomic E-state index is -7.86. The maximum absolute atomic E-state index is 13.7. The van der Waals surface area contributed by atoms with Crippen LogP contribution in [0.5, 0.6) is 0 Å². The van der Waals surface area contributed by atoms with Gasteiger partial charge in [-0.2, -0.15) is 43.9 Å². The lowest BCUT2D eigenvalue weighted by atomic mass is 9.94. The Balaban J connectivity index is 3.43. The van der Waals surface area contributed by atoms with Crippen LogP contribution in [0.4, 0.5) is 64.1 Å². The number of hydrogen-bond donors (Lipinski definition) is 1. The van der Waals surface area contributed by atoms with Crippen LogP contribution in [0.15, 0.2) is 18.2 Å². The summed E-state index contributed by atoms with van der Waals surface area (Å²) >= 11 is 0.